The zero-order valence-electron chi connectivity index (χ0n) is 8.89. The summed E-state index contributed by atoms with van der Waals surface area (Å²) in [6.07, 6.45) is -1.38. The molecule has 0 aliphatic heterocycles. The van der Waals surface area contributed by atoms with E-state index in [4.69, 9.17) is 16.4 Å². The highest BCUT2D eigenvalue weighted by Gasteiger charge is 2.19. The van der Waals surface area contributed by atoms with Crippen LogP contribution in [0, 0.1) is 6.57 Å². The minimum absolute atomic E-state index is 0.0421. The highest BCUT2D eigenvalue weighted by atomic mass is 79.9. The smallest absolute Gasteiger partial charge is 0.409 e. The van der Waals surface area contributed by atoms with Crippen LogP contribution in [0.15, 0.2) is 28.7 Å². The first-order valence-electron chi connectivity index (χ1n) is 4.81. The normalized spacial score (nSPS) is 11.4. The minimum atomic E-state index is -0.746. The monoisotopic (exact) mass is 298 g/mol. The maximum Gasteiger partial charge on any atom is 0.409 e. The molecule has 17 heavy (non-hydrogen) atoms. The van der Waals surface area contributed by atoms with Gasteiger partial charge >= 0.3 is 6.09 Å². The van der Waals surface area contributed by atoms with Crippen LogP contribution < -0.4 is 5.32 Å². The molecule has 0 radical (unpaired) electrons. The maximum atomic E-state index is 11.2. The number of ether oxygens (including phenoxy) is 1. The number of amides is 1. The summed E-state index contributed by atoms with van der Waals surface area (Å²) in [5.74, 6) is 0. The second kappa shape index (κ2) is 6.89. The van der Waals surface area contributed by atoms with Crippen molar-refractivity contribution >= 4 is 22.0 Å². The Morgan fingerprint density at radius 1 is 1.53 bits per heavy atom. The average molecular weight is 299 g/mol. The lowest BCUT2D eigenvalue weighted by atomic mass is 10.1. The lowest BCUT2D eigenvalue weighted by molar-refractivity contribution is 0.0965. The number of hydrogen-bond acceptors (Lipinski definition) is 3. The van der Waals surface area contributed by atoms with Crippen LogP contribution in [0.5, 0.6) is 0 Å². The van der Waals surface area contributed by atoms with Crippen LogP contribution in [0.1, 0.15) is 11.7 Å². The van der Waals surface area contributed by atoms with Crippen molar-refractivity contribution in [2.45, 2.75) is 6.10 Å². The SMILES string of the molecule is [C-]#[N+]CC(OC(=O)NCO)c1ccc(Br)cc1. The number of nitrogens with zero attached hydrogens (tertiary/aromatic N) is 1. The highest BCUT2D eigenvalue weighted by molar-refractivity contribution is 9.10. The fraction of sp³-hybridized carbons (Fsp3) is 0.273. The van der Waals surface area contributed by atoms with Gasteiger partial charge in [0.25, 0.3) is 6.54 Å². The molecule has 1 atom stereocenters. The van der Waals surface area contributed by atoms with Crippen LogP contribution in [-0.4, -0.2) is 24.5 Å². The number of carbonyl (C=O) groups is 1. The van der Waals surface area contributed by atoms with Gasteiger partial charge in [-0.3, -0.25) is 5.32 Å². The van der Waals surface area contributed by atoms with E-state index < -0.39 is 18.9 Å². The molecule has 0 aromatic heterocycles. The number of aliphatic hydroxyl groups excluding tert-OH is 1. The van der Waals surface area contributed by atoms with Crippen molar-refractivity contribution in [2.24, 2.45) is 0 Å². The largest absolute Gasteiger partial charge is 0.433 e. The van der Waals surface area contributed by atoms with Gasteiger partial charge in [0.1, 0.15) is 6.73 Å². The predicted molar refractivity (Wildman–Crippen MR) is 65.1 cm³/mol. The number of nitrogens with one attached hydrogen (secondary N) is 1. The summed E-state index contributed by atoms with van der Waals surface area (Å²) in [6.45, 7) is 6.37. The third kappa shape index (κ3) is 4.43. The summed E-state index contributed by atoms with van der Waals surface area (Å²) in [5, 5.41) is 10.6. The van der Waals surface area contributed by atoms with Crippen molar-refractivity contribution < 1.29 is 14.6 Å². The molecular formula is C11H11BrN2O3. The molecule has 0 saturated heterocycles. The molecule has 1 rings (SSSR count). The van der Waals surface area contributed by atoms with Crippen molar-refractivity contribution in [3.05, 3.63) is 45.7 Å². The molecule has 1 aromatic rings. The molecule has 0 aliphatic rings. The molecular weight excluding hydrogens is 288 g/mol. The molecule has 1 amide bonds. The van der Waals surface area contributed by atoms with Crippen LogP contribution in [-0.2, 0) is 4.74 Å². The number of hydrogen-bond donors (Lipinski definition) is 2. The van der Waals surface area contributed by atoms with Crippen molar-refractivity contribution in [3.63, 3.8) is 0 Å². The van der Waals surface area contributed by atoms with Crippen LogP contribution in [0.25, 0.3) is 4.85 Å². The standard InChI is InChI=1S/C11H11BrN2O3/c1-13-6-10(17-11(16)14-7-15)8-2-4-9(12)5-3-8/h2-5,10,15H,6-7H2,(H,14,16). The van der Waals surface area contributed by atoms with Gasteiger partial charge in [0.15, 0.2) is 0 Å². The Kier molecular flexibility index (Phi) is 5.46. The molecule has 90 valence electrons. The number of carbonyl (C=O) groups excluding carboxylic acids is 1. The van der Waals surface area contributed by atoms with E-state index in [1.807, 2.05) is 0 Å². The van der Waals surface area contributed by atoms with Gasteiger partial charge in [-0.05, 0) is 12.1 Å². The summed E-state index contributed by atoms with van der Waals surface area (Å²) in [7, 11) is 0. The van der Waals surface area contributed by atoms with Gasteiger partial charge in [0, 0.05) is 10.0 Å². The Hall–Kier alpha value is -1.58. The van der Waals surface area contributed by atoms with Gasteiger partial charge in [-0.1, -0.05) is 28.1 Å². The van der Waals surface area contributed by atoms with E-state index in [0.29, 0.717) is 0 Å². The lowest BCUT2D eigenvalue weighted by Gasteiger charge is -2.13. The summed E-state index contributed by atoms with van der Waals surface area (Å²) >= 11 is 3.30. The van der Waals surface area contributed by atoms with Crippen molar-refractivity contribution in [1.82, 2.24) is 5.32 Å². The second-order valence-corrected chi connectivity index (χ2v) is 4.04. The second-order valence-electron chi connectivity index (χ2n) is 3.12. The Balaban J connectivity index is 2.75. The van der Waals surface area contributed by atoms with Gasteiger partial charge in [-0.25, -0.2) is 11.4 Å². The summed E-state index contributed by atoms with van der Waals surface area (Å²) in [4.78, 5) is 14.4. The number of rotatable bonds is 4. The quantitative estimate of drug-likeness (QED) is 0.661. The Morgan fingerprint density at radius 2 is 2.18 bits per heavy atom. The Morgan fingerprint density at radius 3 is 2.71 bits per heavy atom. The zero-order chi connectivity index (χ0) is 12.7. The van der Waals surface area contributed by atoms with Crippen molar-refractivity contribution in [2.75, 3.05) is 13.3 Å². The molecule has 0 bridgehead atoms. The van der Waals surface area contributed by atoms with Gasteiger partial charge in [0.05, 0.1) is 0 Å². The maximum absolute atomic E-state index is 11.2. The fourth-order valence-corrected chi connectivity index (χ4v) is 1.47. The third-order valence-corrected chi connectivity index (χ3v) is 2.50. The number of aliphatic hydroxyl groups is 1. The molecule has 0 heterocycles. The highest BCUT2D eigenvalue weighted by Crippen LogP contribution is 2.20. The average Bonchev–Trinajstić information content (AvgIpc) is 2.30. The van der Waals surface area contributed by atoms with E-state index >= 15 is 0 Å². The lowest BCUT2D eigenvalue weighted by Crippen LogP contribution is -2.27. The molecule has 0 aliphatic carbocycles. The number of alkyl carbamates (subject to hydrolysis) is 1. The summed E-state index contributed by atoms with van der Waals surface area (Å²) in [6, 6.07) is 7.15. The predicted octanol–water partition coefficient (Wildman–Crippen LogP) is 2.09. The molecule has 5 nitrogen and oxygen atoms in total. The minimum Gasteiger partial charge on any atom is -0.433 e. The first kappa shape index (κ1) is 13.5. The zero-order valence-corrected chi connectivity index (χ0v) is 10.5. The van der Waals surface area contributed by atoms with Gasteiger partial charge in [-0.2, -0.15) is 0 Å². The van der Waals surface area contributed by atoms with Crippen molar-refractivity contribution in [3.8, 4) is 0 Å². The molecule has 1 aromatic carbocycles. The molecule has 6 heteroatoms. The van der Waals surface area contributed by atoms with Gasteiger partial charge in [0.2, 0.25) is 6.10 Å². The van der Waals surface area contributed by atoms with E-state index in [-0.39, 0.29) is 6.54 Å². The molecule has 0 fully saturated rings. The first-order chi connectivity index (χ1) is 8.17. The van der Waals surface area contributed by atoms with E-state index in [2.05, 4.69) is 26.1 Å². The first-order valence-corrected chi connectivity index (χ1v) is 5.60. The van der Waals surface area contributed by atoms with Crippen LogP contribution in [0.3, 0.4) is 0 Å². The van der Waals surface area contributed by atoms with E-state index in [1.165, 1.54) is 0 Å². The van der Waals surface area contributed by atoms with Crippen LogP contribution >= 0.6 is 15.9 Å². The molecule has 2 N–H and O–H groups in total. The fourth-order valence-electron chi connectivity index (χ4n) is 1.21. The number of benzene rings is 1. The Labute approximate surface area is 107 Å². The topological polar surface area (TPSA) is 62.9 Å². The van der Waals surface area contributed by atoms with Gasteiger partial charge in [-0.15, -0.1) is 0 Å². The van der Waals surface area contributed by atoms with E-state index in [1.54, 1.807) is 24.3 Å². The molecule has 0 spiro atoms. The molecule has 1 unspecified atom stereocenters. The summed E-state index contributed by atoms with van der Waals surface area (Å²) in [5.41, 5.74) is 0.734. The van der Waals surface area contributed by atoms with E-state index in [9.17, 15) is 4.79 Å². The van der Waals surface area contributed by atoms with Crippen LogP contribution in [0.2, 0.25) is 0 Å². The van der Waals surface area contributed by atoms with Gasteiger partial charge < -0.3 is 14.7 Å². The van der Waals surface area contributed by atoms with E-state index in [0.717, 1.165) is 10.0 Å². The Bertz CT molecular complexity index is 414. The van der Waals surface area contributed by atoms with Crippen LogP contribution in [0.4, 0.5) is 4.79 Å². The summed E-state index contributed by atoms with van der Waals surface area (Å²) < 4.78 is 5.92. The van der Waals surface area contributed by atoms with Crippen molar-refractivity contribution in [1.29, 1.82) is 0 Å². The third-order valence-electron chi connectivity index (χ3n) is 1.97. The molecule has 0 saturated carbocycles. The number of halogens is 1.